The average molecular weight is 453 g/mol. The van der Waals surface area contributed by atoms with Crippen molar-refractivity contribution in [1.82, 2.24) is 14.9 Å². The SMILES string of the molecule is CCOCCN1CCCC(c2cc3c(Nc4ccc5scnc5c4)ccnc3s2)C1C. The van der Waals surface area contributed by atoms with Crippen molar-refractivity contribution in [2.45, 2.75) is 38.6 Å². The molecule has 0 aliphatic carbocycles. The van der Waals surface area contributed by atoms with Crippen LogP contribution < -0.4 is 5.32 Å². The van der Waals surface area contributed by atoms with Crippen molar-refractivity contribution in [2.24, 2.45) is 0 Å². The molecule has 2 atom stereocenters. The Balaban J connectivity index is 1.39. The van der Waals surface area contributed by atoms with Gasteiger partial charge < -0.3 is 10.1 Å². The molecule has 1 aliphatic heterocycles. The Morgan fingerprint density at radius 3 is 3.06 bits per heavy atom. The Kier molecular flexibility index (Phi) is 6.18. The van der Waals surface area contributed by atoms with Crippen LogP contribution in [0.4, 0.5) is 11.4 Å². The second kappa shape index (κ2) is 9.20. The number of nitrogens with one attached hydrogen (secondary N) is 1. The fourth-order valence-corrected chi connectivity index (χ4v) is 6.49. The highest BCUT2D eigenvalue weighted by molar-refractivity contribution is 7.18. The summed E-state index contributed by atoms with van der Waals surface area (Å²) >= 11 is 3.52. The van der Waals surface area contributed by atoms with Crippen molar-refractivity contribution in [1.29, 1.82) is 0 Å². The summed E-state index contributed by atoms with van der Waals surface area (Å²) in [5, 5.41) is 4.81. The number of pyridine rings is 1. The van der Waals surface area contributed by atoms with Crippen molar-refractivity contribution >= 4 is 54.5 Å². The van der Waals surface area contributed by atoms with Crippen LogP contribution in [0, 0.1) is 0 Å². The van der Waals surface area contributed by atoms with Crippen LogP contribution >= 0.6 is 22.7 Å². The van der Waals surface area contributed by atoms with Crippen LogP contribution in [0.5, 0.6) is 0 Å². The summed E-state index contributed by atoms with van der Waals surface area (Å²) in [5.74, 6) is 0.550. The molecule has 3 aromatic heterocycles. The maximum atomic E-state index is 5.61. The summed E-state index contributed by atoms with van der Waals surface area (Å²) in [6, 6.07) is 11.3. The summed E-state index contributed by atoms with van der Waals surface area (Å²) in [6.45, 7) is 8.22. The molecule has 1 saturated heterocycles. The van der Waals surface area contributed by atoms with Gasteiger partial charge in [-0.2, -0.15) is 0 Å². The van der Waals surface area contributed by atoms with Crippen molar-refractivity contribution < 1.29 is 4.74 Å². The first-order chi connectivity index (χ1) is 15.2. The van der Waals surface area contributed by atoms with E-state index in [-0.39, 0.29) is 0 Å². The molecule has 5 rings (SSSR count). The molecule has 4 aromatic rings. The lowest BCUT2D eigenvalue weighted by Gasteiger charge is -2.39. The fourth-order valence-electron chi connectivity index (χ4n) is 4.58. The van der Waals surface area contributed by atoms with Gasteiger partial charge in [-0.15, -0.1) is 22.7 Å². The summed E-state index contributed by atoms with van der Waals surface area (Å²) in [6.07, 6.45) is 4.38. The summed E-state index contributed by atoms with van der Waals surface area (Å²) in [4.78, 5) is 14.3. The van der Waals surface area contributed by atoms with Gasteiger partial charge >= 0.3 is 0 Å². The first-order valence-corrected chi connectivity index (χ1v) is 12.7. The number of hydrogen-bond donors (Lipinski definition) is 1. The van der Waals surface area contributed by atoms with E-state index in [4.69, 9.17) is 4.74 Å². The van der Waals surface area contributed by atoms with Crippen LogP contribution in [0.1, 0.15) is 37.5 Å². The topological polar surface area (TPSA) is 50.3 Å². The molecule has 1 aliphatic rings. The van der Waals surface area contributed by atoms with Gasteiger partial charge in [-0.05, 0) is 63.6 Å². The minimum absolute atomic E-state index is 0.519. The van der Waals surface area contributed by atoms with E-state index >= 15 is 0 Å². The van der Waals surface area contributed by atoms with Gasteiger partial charge in [-0.25, -0.2) is 9.97 Å². The second-order valence-electron chi connectivity index (χ2n) is 8.11. The van der Waals surface area contributed by atoms with E-state index in [1.165, 1.54) is 34.3 Å². The Labute approximate surface area is 191 Å². The highest BCUT2D eigenvalue weighted by Gasteiger charge is 2.30. The zero-order valence-corrected chi connectivity index (χ0v) is 19.6. The first kappa shape index (κ1) is 20.8. The number of hydrogen-bond acceptors (Lipinski definition) is 7. The average Bonchev–Trinajstić information content (AvgIpc) is 3.42. The van der Waals surface area contributed by atoms with Gasteiger partial charge in [0.15, 0.2) is 0 Å². The van der Waals surface area contributed by atoms with E-state index in [9.17, 15) is 0 Å². The molecule has 0 bridgehead atoms. The van der Waals surface area contributed by atoms with Crippen molar-refractivity contribution in [2.75, 3.05) is 31.6 Å². The number of ether oxygens (including phenoxy) is 1. The van der Waals surface area contributed by atoms with Gasteiger partial charge in [0.25, 0.3) is 0 Å². The molecule has 4 heterocycles. The molecule has 0 amide bonds. The molecule has 2 unspecified atom stereocenters. The predicted molar refractivity (Wildman–Crippen MR) is 132 cm³/mol. The molecule has 0 saturated carbocycles. The normalized spacial score (nSPS) is 19.9. The standard InChI is InChI=1S/C24H28N4OS2/c1-3-29-12-11-28-10-4-5-18(16(28)2)23-14-19-20(8-9-25-24(19)31-23)27-17-6-7-22-21(13-17)26-15-30-22/h6-9,13-16,18H,3-5,10-12H2,1-2H3,(H,25,27). The van der Waals surface area contributed by atoms with Gasteiger partial charge in [0, 0.05) is 47.3 Å². The number of benzene rings is 1. The third kappa shape index (κ3) is 4.32. The lowest BCUT2D eigenvalue weighted by molar-refractivity contribution is 0.0748. The number of thiazole rings is 1. The van der Waals surface area contributed by atoms with Crippen LogP contribution in [-0.4, -0.2) is 47.2 Å². The van der Waals surface area contributed by atoms with E-state index in [0.29, 0.717) is 12.0 Å². The number of nitrogens with zero attached hydrogens (tertiary/aromatic N) is 3. The number of thiophene rings is 1. The van der Waals surface area contributed by atoms with Gasteiger partial charge in [-0.3, -0.25) is 4.90 Å². The summed E-state index contributed by atoms with van der Waals surface area (Å²) in [7, 11) is 0. The Morgan fingerprint density at radius 2 is 2.16 bits per heavy atom. The number of piperidine rings is 1. The van der Waals surface area contributed by atoms with E-state index in [1.807, 2.05) is 23.0 Å². The van der Waals surface area contributed by atoms with E-state index in [0.717, 1.165) is 41.5 Å². The number of fused-ring (bicyclic) bond motifs is 2. The minimum Gasteiger partial charge on any atom is -0.380 e. The van der Waals surface area contributed by atoms with E-state index < -0.39 is 0 Å². The van der Waals surface area contributed by atoms with E-state index in [1.54, 1.807) is 11.3 Å². The van der Waals surface area contributed by atoms with Crippen LogP contribution in [0.25, 0.3) is 20.4 Å². The Bertz CT molecular complexity index is 1170. The first-order valence-electron chi connectivity index (χ1n) is 11.0. The Morgan fingerprint density at radius 1 is 1.23 bits per heavy atom. The minimum atomic E-state index is 0.519. The van der Waals surface area contributed by atoms with Crippen LogP contribution in [0.2, 0.25) is 0 Å². The lowest BCUT2D eigenvalue weighted by Crippen LogP contribution is -2.43. The predicted octanol–water partition coefficient (Wildman–Crippen LogP) is 6.25. The maximum Gasteiger partial charge on any atom is 0.125 e. The summed E-state index contributed by atoms with van der Waals surface area (Å²) in [5.41, 5.74) is 5.10. The molecule has 5 nitrogen and oxygen atoms in total. The van der Waals surface area contributed by atoms with Crippen molar-refractivity contribution in [3.05, 3.63) is 46.9 Å². The zero-order valence-electron chi connectivity index (χ0n) is 18.0. The molecule has 0 spiro atoms. The highest BCUT2D eigenvalue weighted by atomic mass is 32.1. The van der Waals surface area contributed by atoms with Gasteiger partial charge in [0.2, 0.25) is 0 Å². The lowest BCUT2D eigenvalue weighted by atomic mass is 9.88. The molecular weight excluding hydrogens is 424 g/mol. The molecule has 7 heteroatoms. The smallest absolute Gasteiger partial charge is 0.125 e. The van der Waals surface area contributed by atoms with Gasteiger partial charge in [0.1, 0.15) is 4.83 Å². The van der Waals surface area contributed by atoms with Crippen LogP contribution in [0.3, 0.4) is 0 Å². The number of rotatable bonds is 7. The van der Waals surface area contributed by atoms with Crippen molar-refractivity contribution in [3.63, 3.8) is 0 Å². The van der Waals surface area contributed by atoms with E-state index in [2.05, 4.69) is 64.4 Å². The monoisotopic (exact) mass is 452 g/mol. The zero-order chi connectivity index (χ0) is 21.2. The number of likely N-dealkylation sites (tertiary alicyclic amines) is 1. The largest absolute Gasteiger partial charge is 0.380 e. The summed E-state index contributed by atoms with van der Waals surface area (Å²) < 4.78 is 6.82. The second-order valence-corrected chi connectivity index (χ2v) is 10.1. The quantitative estimate of drug-likeness (QED) is 0.336. The number of aromatic nitrogens is 2. The number of anilines is 2. The molecule has 162 valence electrons. The maximum absolute atomic E-state index is 5.61. The van der Waals surface area contributed by atoms with Gasteiger partial charge in [0.05, 0.1) is 28.0 Å². The fraction of sp³-hybridized carbons (Fsp3) is 0.417. The highest BCUT2D eigenvalue weighted by Crippen LogP contribution is 2.40. The van der Waals surface area contributed by atoms with Gasteiger partial charge in [-0.1, -0.05) is 0 Å². The molecule has 1 N–H and O–H groups in total. The third-order valence-corrected chi connectivity index (χ3v) is 8.26. The molecule has 1 aromatic carbocycles. The molecule has 1 fully saturated rings. The molecule has 31 heavy (non-hydrogen) atoms. The van der Waals surface area contributed by atoms with Crippen LogP contribution in [0.15, 0.2) is 42.0 Å². The van der Waals surface area contributed by atoms with Crippen molar-refractivity contribution in [3.8, 4) is 0 Å². The molecule has 0 radical (unpaired) electrons. The third-order valence-electron chi connectivity index (χ3n) is 6.28. The molecular formula is C24H28N4OS2. The Hall–Kier alpha value is -2.06. The van der Waals surface area contributed by atoms with Crippen LogP contribution in [-0.2, 0) is 4.74 Å².